The Morgan fingerprint density at radius 1 is 1.39 bits per heavy atom. The average Bonchev–Trinajstić information content (AvgIpc) is 2.98. The molecule has 2 aromatic heterocycles. The first-order valence-electron chi connectivity index (χ1n) is 5.61. The highest BCUT2D eigenvalue weighted by Crippen LogP contribution is 2.17. The van der Waals surface area contributed by atoms with E-state index in [-0.39, 0.29) is 0 Å². The normalized spacial score (nSPS) is 10.4. The van der Waals surface area contributed by atoms with E-state index in [9.17, 15) is 0 Å². The highest BCUT2D eigenvalue weighted by molar-refractivity contribution is 7.12. The van der Waals surface area contributed by atoms with Crippen LogP contribution >= 0.6 is 22.7 Å². The lowest BCUT2D eigenvalue weighted by Crippen LogP contribution is -2.16. The third kappa shape index (κ3) is 3.93. The van der Waals surface area contributed by atoms with Crippen molar-refractivity contribution in [3.8, 4) is 11.8 Å². The molecule has 0 aromatic carbocycles. The Balaban J connectivity index is 1.90. The second-order valence-electron chi connectivity index (χ2n) is 3.92. The predicted octanol–water partition coefficient (Wildman–Crippen LogP) is 2.15. The first-order chi connectivity index (χ1) is 8.78. The largest absolute Gasteiger partial charge is 0.320 e. The van der Waals surface area contributed by atoms with E-state index in [1.165, 1.54) is 4.88 Å². The van der Waals surface area contributed by atoms with Crippen LogP contribution in [0.2, 0.25) is 0 Å². The van der Waals surface area contributed by atoms with Gasteiger partial charge in [-0.25, -0.2) is 4.98 Å². The van der Waals surface area contributed by atoms with Crippen LogP contribution in [0.3, 0.4) is 0 Å². The smallest absolute Gasteiger partial charge is 0.0795 e. The highest BCUT2D eigenvalue weighted by Gasteiger charge is 2.05. The van der Waals surface area contributed by atoms with Crippen LogP contribution in [-0.4, -0.2) is 23.5 Å². The lowest BCUT2D eigenvalue weighted by Gasteiger charge is -2.13. The number of nitrogens with zero attached hydrogens (tertiary/aromatic N) is 2. The number of hydrogen-bond donors (Lipinski definition) is 1. The van der Waals surface area contributed by atoms with Gasteiger partial charge in [0.15, 0.2) is 0 Å². The van der Waals surface area contributed by atoms with E-state index in [0.29, 0.717) is 6.54 Å². The third-order valence-corrected chi connectivity index (χ3v) is 3.94. The molecule has 0 radical (unpaired) electrons. The number of aromatic nitrogens is 1. The molecule has 0 atom stereocenters. The Morgan fingerprint density at radius 3 is 3.00 bits per heavy atom. The Labute approximate surface area is 115 Å². The van der Waals surface area contributed by atoms with Crippen LogP contribution in [0, 0.1) is 11.8 Å². The molecule has 5 heteroatoms. The van der Waals surface area contributed by atoms with E-state index in [0.717, 1.165) is 23.7 Å². The van der Waals surface area contributed by atoms with Crippen molar-refractivity contribution in [1.29, 1.82) is 0 Å². The quantitative estimate of drug-likeness (QED) is 0.871. The fraction of sp³-hybridized carbons (Fsp3) is 0.308. The SMILES string of the molecule is CN(Cc1cscn1)Cc1ccc(C#CCN)s1. The standard InChI is InChI=1S/C13H15N3S2/c1-16(7-11-9-17-10-15-11)8-13-5-4-12(18-13)3-2-6-14/h4-5,9-10H,6-8,14H2,1H3. The highest BCUT2D eigenvalue weighted by atomic mass is 32.1. The van der Waals surface area contributed by atoms with E-state index in [2.05, 4.69) is 46.3 Å². The molecule has 2 rings (SSSR count). The molecule has 0 saturated heterocycles. The summed E-state index contributed by atoms with van der Waals surface area (Å²) in [7, 11) is 2.10. The maximum absolute atomic E-state index is 5.36. The Morgan fingerprint density at radius 2 is 2.28 bits per heavy atom. The zero-order valence-corrected chi connectivity index (χ0v) is 11.9. The van der Waals surface area contributed by atoms with Crippen molar-refractivity contribution >= 4 is 22.7 Å². The molecule has 0 unspecified atom stereocenters. The van der Waals surface area contributed by atoms with Gasteiger partial charge in [-0.15, -0.1) is 22.7 Å². The van der Waals surface area contributed by atoms with E-state index in [1.54, 1.807) is 22.7 Å². The van der Waals surface area contributed by atoms with Gasteiger partial charge in [0.25, 0.3) is 0 Å². The molecular formula is C13H15N3S2. The number of hydrogen-bond acceptors (Lipinski definition) is 5. The van der Waals surface area contributed by atoms with Crippen molar-refractivity contribution in [3.05, 3.63) is 38.5 Å². The molecule has 2 aromatic rings. The fourth-order valence-electron chi connectivity index (χ4n) is 1.58. The zero-order valence-electron chi connectivity index (χ0n) is 10.2. The topological polar surface area (TPSA) is 42.2 Å². The van der Waals surface area contributed by atoms with Crippen molar-refractivity contribution in [2.45, 2.75) is 13.1 Å². The first kappa shape index (κ1) is 13.2. The monoisotopic (exact) mass is 277 g/mol. The van der Waals surface area contributed by atoms with E-state index >= 15 is 0 Å². The molecule has 2 N–H and O–H groups in total. The lowest BCUT2D eigenvalue weighted by atomic mass is 10.4. The van der Waals surface area contributed by atoms with Crippen LogP contribution in [0.25, 0.3) is 0 Å². The molecule has 18 heavy (non-hydrogen) atoms. The van der Waals surface area contributed by atoms with Crippen LogP contribution in [0.4, 0.5) is 0 Å². The average molecular weight is 277 g/mol. The Bertz CT molecular complexity index is 534. The van der Waals surface area contributed by atoms with Crippen molar-refractivity contribution in [2.75, 3.05) is 13.6 Å². The van der Waals surface area contributed by atoms with Crippen LogP contribution in [0.5, 0.6) is 0 Å². The minimum absolute atomic E-state index is 0.414. The van der Waals surface area contributed by atoms with Gasteiger partial charge in [-0.3, -0.25) is 4.90 Å². The minimum Gasteiger partial charge on any atom is -0.320 e. The number of nitrogens with two attached hydrogens (primary N) is 1. The van der Waals surface area contributed by atoms with E-state index in [4.69, 9.17) is 5.73 Å². The molecule has 0 amide bonds. The van der Waals surface area contributed by atoms with E-state index in [1.807, 2.05) is 5.51 Å². The van der Waals surface area contributed by atoms with Crippen LogP contribution in [-0.2, 0) is 13.1 Å². The second-order valence-corrected chi connectivity index (χ2v) is 5.81. The summed E-state index contributed by atoms with van der Waals surface area (Å²) in [6.45, 7) is 2.22. The van der Waals surface area contributed by atoms with Gasteiger partial charge in [-0.05, 0) is 19.2 Å². The first-order valence-corrected chi connectivity index (χ1v) is 7.37. The number of rotatable bonds is 4. The molecule has 0 aliphatic heterocycles. The molecule has 0 aliphatic carbocycles. The van der Waals surface area contributed by atoms with Crippen molar-refractivity contribution in [2.24, 2.45) is 5.73 Å². The van der Waals surface area contributed by atoms with Crippen LogP contribution < -0.4 is 5.73 Å². The van der Waals surface area contributed by atoms with Gasteiger partial charge in [0, 0.05) is 23.3 Å². The van der Waals surface area contributed by atoms with E-state index < -0.39 is 0 Å². The third-order valence-electron chi connectivity index (χ3n) is 2.32. The van der Waals surface area contributed by atoms with Gasteiger partial charge in [0.2, 0.25) is 0 Å². The molecule has 94 valence electrons. The molecule has 0 saturated carbocycles. The van der Waals surface area contributed by atoms with Gasteiger partial charge in [0.05, 0.1) is 22.6 Å². The summed E-state index contributed by atoms with van der Waals surface area (Å²) in [5.41, 5.74) is 8.35. The fourth-order valence-corrected chi connectivity index (χ4v) is 3.09. The van der Waals surface area contributed by atoms with Crippen molar-refractivity contribution < 1.29 is 0 Å². The molecule has 0 bridgehead atoms. The molecule has 2 heterocycles. The zero-order chi connectivity index (χ0) is 12.8. The minimum atomic E-state index is 0.414. The summed E-state index contributed by atoms with van der Waals surface area (Å²) in [5, 5.41) is 2.09. The Kier molecular flexibility index (Phi) is 4.90. The lowest BCUT2D eigenvalue weighted by molar-refractivity contribution is 0.318. The summed E-state index contributed by atoms with van der Waals surface area (Å²) in [6.07, 6.45) is 0. The molecule has 0 aliphatic rings. The molecule has 0 spiro atoms. The maximum atomic E-state index is 5.36. The molecular weight excluding hydrogens is 262 g/mol. The summed E-state index contributed by atoms with van der Waals surface area (Å²) >= 11 is 3.36. The van der Waals surface area contributed by atoms with Crippen LogP contribution in [0.1, 0.15) is 15.4 Å². The molecule has 3 nitrogen and oxygen atoms in total. The maximum Gasteiger partial charge on any atom is 0.0795 e. The summed E-state index contributed by atoms with van der Waals surface area (Å²) < 4.78 is 0. The molecule has 0 fully saturated rings. The number of thiazole rings is 1. The second kappa shape index (κ2) is 6.66. The van der Waals surface area contributed by atoms with Crippen LogP contribution in [0.15, 0.2) is 23.0 Å². The van der Waals surface area contributed by atoms with Crippen molar-refractivity contribution in [3.63, 3.8) is 0 Å². The summed E-state index contributed by atoms with van der Waals surface area (Å²) in [6, 6.07) is 4.18. The summed E-state index contributed by atoms with van der Waals surface area (Å²) in [4.78, 5) is 8.93. The van der Waals surface area contributed by atoms with Crippen molar-refractivity contribution in [1.82, 2.24) is 9.88 Å². The number of thiophene rings is 1. The Hall–Kier alpha value is -1.19. The van der Waals surface area contributed by atoms with Gasteiger partial charge < -0.3 is 5.73 Å². The summed E-state index contributed by atoms with van der Waals surface area (Å²) in [5.74, 6) is 5.93. The van der Waals surface area contributed by atoms with Gasteiger partial charge in [-0.1, -0.05) is 11.8 Å². The van der Waals surface area contributed by atoms with Gasteiger partial charge in [0.1, 0.15) is 0 Å². The van der Waals surface area contributed by atoms with Gasteiger partial charge in [-0.2, -0.15) is 0 Å². The van der Waals surface area contributed by atoms with Gasteiger partial charge >= 0.3 is 0 Å². The predicted molar refractivity (Wildman–Crippen MR) is 77.5 cm³/mol.